The molecule has 0 aromatic heterocycles. The Labute approximate surface area is 119 Å². The predicted molar refractivity (Wildman–Crippen MR) is 74.3 cm³/mol. The summed E-state index contributed by atoms with van der Waals surface area (Å²) in [6, 6.07) is 0.575. The molecule has 5 nitrogen and oxygen atoms in total. The van der Waals surface area contributed by atoms with E-state index in [2.05, 4.69) is 10.2 Å². The van der Waals surface area contributed by atoms with E-state index in [4.69, 9.17) is 5.11 Å². The molecule has 3 saturated heterocycles. The van der Waals surface area contributed by atoms with Gasteiger partial charge in [-0.1, -0.05) is 6.42 Å². The normalized spacial score (nSPS) is 36.9. The number of rotatable bonds is 3. The minimum Gasteiger partial charge on any atom is -0.481 e. The van der Waals surface area contributed by atoms with E-state index in [9.17, 15) is 9.59 Å². The second kappa shape index (κ2) is 5.72. The molecule has 0 aliphatic carbocycles. The van der Waals surface area contributed by atoms with E-state index in [0.29, 0.717) is 0 Å². The molecule has 1 amide bonds. The molecule has 3 rings (SSSR count). The van der Waals surface area contributed by atoms with Gasteiger partial charge in [0.15, 0.2) is 0 Å². The van der Waals surface area contributed by atoms with Gasteiger partial charge in [0, 0.05) is 18.5 Å². The van der Waals surface area contributed by atoms with Crippen molar-refractivity contribution in [2.24, 2.45) is 5.92 Å². The fourth-order valence-corrected chi connectivity index (χ4v) is 4.31. The number of carbonyl (C=O) groups is 2. The van der Waals surface area contributed by atoms with Crippen molar-refractivity contribution in [3.63, 3.8) is 0 Å². The SMILES string of the molecule is O=C(O)CC1CC2CCC(C1)N2C(=O)[C@@H]1CCCCN1. The highest BCUT2D eigenvalue weighted by atomic mass is 16.4. The lowest BCUT2D eigenvalue weighted by molar-refractivity contribution is -0.141. The Bertz CT molecular complexity index is 379. The molecule has 0 aromatic rings. The molecule has 3 aliphatic heterocycles. The van der Waals surface area contributed by atoms with E-state index in [1.54, 1.807) is 0 Å². The van der Waals surface area contributed by atoms with Crippen LogP contribution in [-0.4, -0.2) is 46.6 Å². The number of aliphatic carboxylic acids is 1. The number of amides is 1. The summed E-state index contributed by atoms with van der Waals surface area (Å²) < 4.78 is 0. The fourth-order valence-electron chi connectivity index (χ4n) is 4.31. The molecule has 3 atom stereocenters. The lowest BCUT2D eigenvalue weighted by atomic mass is 9.87. The van der Waals surface area contributed by atoms with Crippen LogP contribution in [-0.2, 0) is 9.59 Å². The van der Waals surface area contributed by atoms with Gasteiger partial charge in [-0.3, -0.25) is 9.59 Å². The summed E-state index contributed by atoms with van der Waals surface area (Å²) in [6.45, 7) is 0.946. The van der Waals surface area contributed by atoms with Crippen molar-refractivity contribution in [1.82, 2.24) is 10.2 Å². The Hall–Kier alpha value is -1.10. The Morgan fingerprint density at radius 3 is 2.35 bits per heavy atom. The van der Waals surface area contributed by atoms with Gasteiger partial charge in [-0.05, 0) is 51.0 Å². The third kappa shape index (κ3) is 2.68. The molecule has 5 heteroatoms. The summed E-state index contributed by atoms with van der Waals surface area (Å²) in [5, 5.41) is 12.3. The van der Waals surface area contributed by atoms with Crippen molar-refractivity contribution in [1.29, 1.82) is 0 Å². The maximum Gasteiger partial charge on any atom is 0.303 e. The Kier molecular flexibility index (Phi) is 3.96. The highest BCUT2D eigenvalue weighted by Gasteiger charge is 2.45. The van der Waals surface area contributed by atoms with Gasteiger partial charge in [0.25, 0.3) is 0 Å². The van der Waals surface area contributed by atoms with Gasteiger partial charge in [-0.2, -0.15) is 0 Å². The summed E-state index contributed by atoms with van der Waals surface area (Å²) in [5.41, 5.74) is 0. The van der Waals surface area contributed by atoms with E-state index in [1.807, 2.05) is 0 Å². The molecule has 3 heterocycles. The zero-order valence-electron chi connectivity index (χ0n) is 11.9. The second-order valence-corrected chi connectivity index (χ2v) is 6.57. The molecule has 3 fully saturated rings. The number of carbonyl (C=O) groups excluding carboxylic acids is 1. The van der Waals surface area contributed by atoms with Crippen molar-refractivity contribution >= 4 is 11.9 Å². The summed E-state index contributed by atoms with van der Waals surface area (Å²) in [6.07, 6.45) is 7.37. The first-order valence-electron chi connectivity index (χ1n) is 7.92. The topological polar surface area (TPSA) is 69.6 Å². The standard InChI is InChI=1S/C15H24N2O3/c18-14(19)9-10-7-11-4-5-12(8-10)17(11)15(20)13-3-1-2-6-16-13/h10-13,16H,1-9H2,(H,18,19)/t10?,11?,12?,13-/m0/s1. The summed E-state index contributed by atoms with van der Waals surface area (Å²) >= 11 is 0. The molecule has 0 aromatic carbocycles. The molecule has 112 valence electrons. The monoisotopic (exact) mass is 280 g/mol. The predicted octanol–water partition coefficient (Wildman–Crippen LogP) is 1.37. The first-order valence-corrected chi connectivity index (χ1v) is 7.92. The quantitative estimate of drug-likeness (QED) is 0.819. The van der Waals surface area contributed by atoms with E-state index >= 15 is 0 Å². The first-order chi connectivity index (χ1) is 9.65. The van der Waals surface area contributed by atoms with Gasteiger partial charge >= 0.3 is 5.97 Å². The summed E-state index contributed by atoms with van der Waals surface area (Å²) in [7, 11) is 0. The van der Waals surface area contributed by atoms with Crippen molar-refractivity contribution in [2.45, 2.75) is 69.5 Å². The van der Waals surface area contributed by atoms with E-state index in [-0.39, 0.29) is 36.4 Å². The van der Waals surface area contributed by atoms with Crippen molar-refractivity contribution in [2.75, 3.05) is 6.54 Å². The number of carboxylic acid groups (broad SMARTS) is 1. The Morgan fingerprint density at radius 2 is 1.80 bits per heavy atom. The van der Waals surface area contributed by atoms with Crippen LogP contribution in [0.3, 0.4) is 0 Å². The van der Waals surface area contributed by atoms with E-state index in [1.165, 1.54) is 0 Å². The van der Waals surface area contributed by atoms with Crippen LogP contribution >= 0.6 is 0 Å². The molecule has 0 spiro atoms. The molecule has 20 heavy (non-hydrogen) atoms. The van der Waals surface area contributed by atoms with Crippen molar-refractivity contribution < 1.29 is 14.7 Å². The number of hydrogen-bond acceptors (Lipinski definition) is 3. The number of piperidine rings is 2. The lowest BCUT2D eigenvalue weighted by Crippen LogP contribution is -2.55. The molecular weight excluding hydrogens is 256 g/mol. The average molecular weight is 280 g/mol. The van der Waals surface area contributed by atoms with Crippen molar-refractivity contribution in [3.8, 4) is 0 Å². The van der Waals surface area contributed by atoms with E-state index < -0.39 is 5.97 Å². The highest BCUT2D eigenvalue weighted by molar-refractivity contribution is 5.83. The van der Waals surface area contributed by atoms with Crippen LogP contribution in [0.4, 0.5) is 0 Å². The molecule has 0 saturated carbocycles. The number of fused-ring (bicyclic) bond motifs is 2. The molecule has 2 N–H and O–H groups in total. The van der Waals surface area contributed by atoms with Gasteiger partial charge in [0.1, 0.15) is 0 Å². The van der Waals surface area contributed by atoms with Gasteiger partial charge < -0.3 is 15.3 Å². The third-order valence-electron chi connectivity index (χ3n) is 5.16. The summed E-state index contributed by atoms with van der Waals surface area (Å²) in [4.78, 5) is 25.7. The van der Waals surface area contributed by atoms with Gasteiger partial charge in [0.2, 0.25) is 5.91 Å². The van der Waals surface area contributed by atoms with Gasteiger partial charge in [-0.25, -0.2) is 0 Å². The van der Waals surface area contributed by atoms with Crippen LogP contribution in [0.1, 0.15) is 51.4 Å². The van der Waals surface area contributed by atoms with Crippen LogP contribution in [0.25, 0.3) is 0 Å². The second-order valence-electron chi connectivity index (χ2n) is 6.57. The van der Waals surface area contributed by atoms with Crippen LogP contribution in [0.15, 0.2) is 0 Å². The molecule has 0 radical (unpaired) electrons. The van der Waals surface area contributed by atoms with Crippen LogP contribution in [0, 0.1) is 5.92 Å². The van der Waals surface area contributed by atoms with Gasteiger partial charge in [-0.15, -0.1) is 0 Å². The zero-order chi connectivity index (χ0) is 14.1. The maximum atomic E-state index is 12.7. The third-order valence-corrected chi connectivity index (χ3v) is 5.16. The first kappa shape index (κ1) is 13.9. The van der Waals surface area contributed by atoms with Crippen LogP contribution in [0.5, 0.6) is 0 Å². The Balaban J connectivity index is 1.64. The molecule has 2 bridgehead atoms. The van der Waals surface area contributed by atoms with Crippen LogP contribution in [0.2, 0.25) is 0 Å². The number of carboxylic acids is 1. The van der Waals surface area contributed by atoms with Crippen molar-refractivity contribution in [3.05, 3.63) is 0 Å². The minimum atomic E-state index is -0.705. The molecule has 2 unspecified atom stereocenters. The maximum absolute atomic E-state index is 12.7. The smallest absolute Gasteiger partial charge is 0.303 e. The molecule has 3 aliphatic rings. The lowest BCUT2D eigenvalue weighted by Gasteiger charge is -2.41. The minimum absolute atomic E-state index is 0.00266. The van der Waals surface area contributed by atoms with Crippen LogP contribution < -0.4 is 5.32 Å². The highest BCUT2D eigenvalue weighted by Crippen LogP contribution is 2.40. The Morgan fingerprint density at radius 1 is 1.10 bits per heavy atom. The number of hydrogen-bond donors (Lipinski definition) is 2. The number of nitrogens with zero attached hydrogens (tertiary/aromatic N) is 1. The fraction of sp³-hybridized carbons (Fsp3) is 0.867. The average Bonchev–Trinajstić information content (AvgIpc) is 2.70. The zero-order valence-corrected chi connectivity index (χ0v) is 11.9. The molecular formula is C15H24N2O3. The largest absolute Gasteiger partial charge is 0.481 e. The summed E-state index contributed by atoms with van der Waals surface area (Å²) in [5.74, 6) is -0.178. The van der Waals surface area contributed by atoms with E-state index in [0.717, 1.165) is 51.5 Å². The number of nitrogens with one attached hydrogen (secondary N) is 1. The van der Waals surface area contributed by atoms with Gasteiger partial charge in [0.05, 0.1) is 6.04 Å².